The van der Waals surface area contributed by atoms with Gasteiger partial charge in [0.25, 0.3) is 0 Å². The molecule has 0 spiro atoms. The largest absolute Gasteiger partial charge is 0.481 e. The molecule has 1 N–H and O–H groups in total. The fraction of sp³-hybridized carbons (Fsp3) is 0.467. The lowest BCUT2D eigenvalue weighted by Crippen LogP contribution is -2.39. The van der Waals surface area contributed by atoms with Crippen LogP contribution in [0.1, 0.15) is 29.6 Å². The monoisotopic (exact) mass is 295 g/mol. The van der Waals surface area contributed by atoms with Crippen molar-refractivity contribution in [2.24, 2.45) is 5.92 Å². The van der Waals surface area contributed by atoms with Gasteiger partial charge in [-0.25, -0.2) is 0 Å². The second-order valence-corrected chi connectivity index (χ2v) is 5.59. The highest BCUT2D eigenvalue weighted by atomic mass is 35.5. The molecule has 4 nitrogen and oxygen atoms in total. The van der Waals surface area contributed by atoms with Crippen molar-refractivity contribution in [3.63, 3.8) is 0 Å². The maximum atomic E-state index is 12.0. The van der Waals surface area contributed by atoms with Crippen molar-refractivity contribution in [1.29, 1.82) is 0 Å². The molecule has 0 aromatic heterocycles. The first-order valence-corrected chi connectivity index (χ1v) is 7.18. The van der Waals surface area contributed by atoms with E-state index in [9.17, 15) is 9.59 Å². The van der Waals surface area contributed by atoms with Gasteiger partial charge in [-0.2, -0.15) is 0 Å². The van der Waals surface area contributed by atoms with Crippen molar-refractivity contribution in [2.45, 2.75) is 19.3 Å². The van der Waals surface area contributed by atoms with Gasteiger partial charge in [-0.05, 0) is 43.7 Å². The van der Waals surface area contributed by atoms with Gasteiger partial charge < -0.3 is 10.0 Å². The van der Waals surface area contributed by atoms with Gasteiger partial charge in [0.15, 0.2) is 5.78 Å². The number of carbonyl (C=O) groups is 2. The molecule has 0 radical (unpaired) electrons. The predicted molar refractivity (Wildman–Crippen MR) is 77.2 cm³/mol. The van der Waals surface area contributed by atoms with Crippen LogP contribution in [0.25, 0.3) is 0 Å². The van der Waals surface area contributed by atoms with Gasteiger partial charge in [0, 0.05) is 30.1 Å². The number of ketones is 1. The van der Waals surface area contributed by atoms with Crippen LogP contribution in [0.2, 0.25) is 5.02 Å². The van der Waals surface area contributed by atoms with Crippen molar-refractivity contribution in [1.82, 2.24) is 4.90 Å². The Morgan fingerprint density at radius 1 is 1.30 bits per heavy atom. The summed E-state index contributed by atoms with van der Waals surface area (Å²) in [6.07, 6.45) is 2.02. The molecule has 0 amide bonds. The van der Waals surface area contributed by atoms with Crippen molar-refractivity contribution < 1.29 is 14.7 Å². The second-order valence-electron chi connectivity index (χ2n) is 5.16. The van der Waals surface area contributed by atoms with E-state index < -0.39 is 5.97 Å². The number of carboxylic acids is 1. The first-order chi connectivity index (χ1) is 9.56. The van der Waals surface area contributed by atoms with Crippen LogP contribution < -0.4 is 0 Å². The third-order valence-electron chi connectivity index (χ3n) is 3.68. The van der Waals surface area contributed by atoms with Gasteiger partial charge in [-0.1, -0.05) is 11.6 Å². The molecule has 1 saturated heterocycles. The Kier molecular flexibility index (Phi) is 5.15. The van der Waals surface area contributed by atoms with E-state index >= 15 is 0 Å². The predicted octanol–water partition coefficient (Wildman–Crippen LogP) is 2.71. The van der Waals surface area contributed by atoms with E-state index in [4.69, 9.17) is 16.7 Å². The fourth-order valence-corrected chi connectivity index (χ4v) is 2.63. The van der Waals surface area contributed by atoms with Crippen LogP contribution in [0.5, 0.6) is 0 Å². The Bertz CT molecular complexity index is 486. The fourth-order valence-electron chi connectivity index (χ4n) is 2.50. The van der Waals surface area contributed by atoms with Gasteiger partial charge in [-0.3, -0.25) is 9.59 Å². The molecule has 108 valence electrons. The summed E-state index contributed by atoms with van der Waals surface area (Å²) in [4.78, 5) is 25.1. The van der Waals surface area contributed by atoms with Crippen molar-refractivity contribution >= 4 is 23.4 Å². The van der Waals surface area contributed by atoms with E-state index in [1.54, 1.807) is 24.3 Å². The van der Waals surface area contributed by atoms with Crippen LogP contribution in [-0.4, -0.2) is 41.4 Å². The highest BCUT2D eigenvalue weighted by molar-refractivity contribution is 6.30. The zero-order valence-corrected chi connectivity index (χ0v) is 12.0. The summed E-state index contributed by atoms with van der Waals surface area (Å²) in [6, 6.07) is 6.86. The number of piperidine rings is 1. The highest BCUT2D eigenvalue weighted by Gasteiger charge is 2.25. The molecule has 1 atom stereocenters. The topological polar surface area (TPSA) is 57.6 Å². The second kappa shape index (κ2) is 6.86. The van der Waals surface area contributed by atoms with E-state index in [-0.39, 0.29) is 11.7 Å². The number of nitrogens with zero attached hydrogens (tertiary/aromatic N) is 1. The summed E-state index contributed by atoms with van der Waals surface area (Å²) < 4.78 is 0. The first kappa shape index (κ1) is 15.0. The molecule has 1 aromatic carbocycles. The number of hydrogen-bond donors (Lipinski definition) is 1. The lowest BCUT2D eigenvalue weighted by Gasteiger charge is -2.30. The van der Waals surface area contributed by atoms with Gasteiger partial charge >= 0.3 is 5.97 Å². The van der Waals surface area contributed by atoms with Crippen LogP contribution in [0.15, 0.2) is 24.3 Å². The zero-order chi connectivity index (χ0) is 14.5. The lowest BCUT2D eigenvalue weighted by atomic mass is 9.98. The number of carbonyl (C=O) groups excluding carboxylic acids is 1. The Morgan fingerprint density at radius 3 is 2.65 bits per heavy atom. The third-order valence-corrected chi connectivity index (χ3v) is 3.93. The quantitative estimate of drug-likeness (QED) is 0.849. The van der Waals surface area contributed by atoms with E-state index in [0.29, 0.717) is 30.1 Å². The summed E-state index contributed by atoms with van der Waals surface area (Å²) in [7, 11) is 0. The molecule has 2 rings (SSSR count). The van der Waals surface area contributed by atoms with Crippen LogP contribution >= 0.6 is 11.6 Å². The van der Waals surface area contributed by atoms with Gasteiger partial charge in [0.05, 0.1) is 5.92 Å². The number of aliphatic carboxylic acids is 1. The van der Waals surface area contributed by atoms with Gasteiger partial charge in [0.2, 0.25) is 0 Å². The van der Waals surface area contributed by atoms with E-state index in [1.165, 1.54) is 0 Å². The maximum absolute atomic E-state index is 12.0. The van der Waals surface area contributed by atoms with Crippen molar-refractivity contribution in [3.05, 3.63) is 34.9 Å². The summed E-state index contributed by atoms with van der Waals surface area (Å²) >= 11 is 5.79. The molecular weight excluding hydrogens is 278 g/mol. The minimum Gasteiger partial charge on any atom is -0.481 e. The third kappa shape index (κ3) is 4.05. The molecule has 1 aromatic rings. The van der Waals surface area contributed by atoms with Crippen LogP contribution in [-0.2, 0) is 4.79 Å². The number of benzene rings is 1. The van der Waals surface area contributed by atoms with E-state index in [0.717, 1.165) is 19.4 Å². The number of hydrogen-bond acceptors (Lipinski definition) is 3. The molecule has 20 heavy (non-hydrogen) atoms. The Morgan fingerprint density at radius 2 is 2.00 bits per heavy atom. The van der Waals surface area contributed by atoms with Crippen LogP contribution in [0, 0.1) is 5.92 Å². The number of carboxylic acid groups (broad SMARTS) is 1. The average Bonchev–Trinajstić information content (AvgIpc) is 2.46. The number of Topliss-reactive ketones (excluding diaryl/α,β-unsaturated/α-hetero) is 1. The highest BCUT2D eigenvalue weighted by Crippen LogP contribution is 2.17. The van der Waals surface area contributed by atoms with Crippen molar-refractivity contribution in [3.8, 4) is 0 Å². The summed E-state index contributed by atoms with van der Waals surface area (Å²) in [5.74, 6) is -0.966. The molecule has 0 bridgehead atoms. The molecule has 0 saturated carbocycles. The lowest BCUT2D eigenvalue weighted by molar-refractivity contribution is -0.143. The molecule has 0 aliphatic carbocycles. The first-order valence-electron chi connectivity index (χ1n) is 6.80. The minimum absolute atomic E-state index is 0.0686. The Hall–Kier alpha value is -1.39. The molecule has 1 fully saturated rings. The van der Waals surface area contributed by atoms with E-state index in [1.807, 2.05) is 0 Å². The average molecular weight is 296 g/mol. The maximum Gasteiger partial charge on any atom is 0.307 e. The minimum atomic E-state index is -0.737. The zero-order valence-electron chi connectivity index (χ0n) is 11.2. The molecule has 1 aliphatic rings. The van der Waals surface area contributed by atoms with Crippen molar-refractivity contribution in [2.75, 3.05) is 19.6 Å². The van der Waals surface area contributed by atoms with Gasteiger partial charge in [0.1, 0.15) is 0 Å². The normalized spacial score (nSPS) is 19.8. The summed E-state index contributed by atoms with van der Waals surface area (Å²) in [6.45, 7) is 2.03. The number of halogens is 1. The molecule has 1 unspecified atom stereocenters. The van der Waals surface area contributed by atoms with Crippen LogP contribution in [0.3, 0.4) is 0 Å². The Balaban J connectivity index is 1.84. The Labute approximate surface area is 123 Å². The summed E-state index contributed by atoms with van der Waals surface area (Å²) in [5, 5.41) is 9.64. The van der Waals surface area contributed by atoms with E-state index in [2.05, 4.69) is 4.90 Å². The SMILES string of the molecule is O=C(CCN1CCCC(C(=O)O)C1)c1ccc(Cl)cc1. The standard InChI is InChI=1S/C15H18ClNO3/c16-13-5-3-11(4-6-13)14(18)7-9-17-8-1-2-12(10-17)15(19)20/h3-6,12H,1-2,7-10H2,(H,19,20). The molecular formula is C15H18ClNO3. The number of rotatable bonds is 5. The summed E-state index contributed by atoms with van der Waals surface area (Å²) in [5.41, 5.74) is 0.654. The van der Waals surface area contributed by atoms with Gasteiger partial charge in [-0.15, -0.1) is 0 Å². The smallest absolute Gasteiger partial charge is 0.307 e. The number of likely N-dealkylation sites (tertiary alicyclic amines) is 1. The van der Waals surface area contributed by atoms with Crippen LogP contribution in [0.4, 0.5) is 0 Å². The molecule has 1 aliphatic heterocycles. The molecule has 1 heterocycles. The molecule has 5 heteroatoms.